The fourth-order valence-electron chi connectivity index (χ4n) is 5.36. The molecular weight excluding hydrogens is 523 g/mol. The molecule has 0 aliphatic carbocycles. The molecule has 1 spiro atoms. The summed E-state index contributed by atoms with van der Waals surface area (Å²) in [5.41, 5.74) is 0.771. The van der Waals surface area contributed by atoms with E-state index >= 15 is 0 Å². The molecule has 204 valence electrons. The maximum Gasteiger partial charge on any atom is 0.433 e. The van der Waals surface area contributed by atoms with Crippen LogP contribution in [0.3, 0.4) is 0 Å². The zero-order valence-electron chi connectivity index (χ0n) is 21.2. The lowest BCUT2D eigenvalue weighted by Crippen LogP contribution is -2.57. The minimum absolute atomic E-state index is 0.0532. The van der Waals surface area contributed by atoms with Gasteiger partial charge in [0.05, 0.1) is 24.2 Å². The number of halogens is 3. The first-order chi connectivity index (χ1) is 19.3. The van der Waals surface area contributed by atoms with Crippen LogP contribution in [0.4, 0.5) is 18.9 Å². The minimum Gasteiger partial charge on any atom is -0.339 e. The zero-order valence-corrected chi connectivity index (χ0v) is 21.2. The average molecular weight is 548 g/mol. The van der Waals surface area contributed by atoms with Gasteiger partial charge in [0.1, 0.15) is 11.2 Å². The third-order valence-corrected chi connectivity index (χ3v) is 7.47. The first-order valence-electron chi connectivity index (χ1n) is 12.7. The fourth-order valence-corrected chi connectivity index (χ4v) is 5.36. The van der Waals surface area contributed by atoms with E-state index in [0.29, 0.717) is 43.9 Å². The smallest absolute Gasteiger partial charge is 0.339 e. The van der Waals surface area contributed by atoms with Crippen molar-refractivity contribution in [1.82, 2.24) is 30.0 Å². The first-order valence-corrected chi connectivity index (χ1v) is 12.7. The van der Waals surface area contributed by atoms with Crippen molar-refractivity contribution in [1.29, 1.82) is 0 Å². The predicted octanol–water partition coefficient (Wildman–Crippen LogP) is 3.92. The van der Waals surface area contributed by atoms with E-state index in [1.807, 2.05) is 30.3 Å². The number of likely N-dealkylation sites (tertiary alicyclic amines) is 1. The molecule has 0 radical (unpaired) electrons. The number of hydrogen-bond acceptors (Lipinski definition) is 6. The second-order valence-electron chi connectivity index (χ2n) is 9.71. The highest BCUT2D eigenvalue weighted by Crippen LogP contribution is 2.37. The number of benzene rings is 1. The number of pyridine rings is 2. The van der Waals surface area contributed by atoms with E-state index in [4.69, 9.17) is 0 Å². The summed E-state index contributed by atoms with van der Waals surface area (Å²) < 4.78 is 40.6. The summed E-state index contributed by atoms with van der Waals surface area (Å²) in [5, 5.41) is 7.44. The number of amides is 2. The van der Waals surface area contributed by atoms with Gasteiger partial charge in [-0.15, -0.1) is 0 Å². The quantitative estimate of drug-likeness (QED) is 0.416. The van der Waals surface area contributed by atoms with Crippen LogP contribution in [-0.4, -0.2) is 61.8 Å². The van der Waals surface area contributed by atoms with Gasteiger partial charge in [0.15, 0.2) is 5.69 Å². The topological polar surface area (TPSA) is 96.2 Å². The number of hydrogen-bond donors (Lipinski definition) is 1. The van der Waals surface area contributed by atoms with Crippen LogP contribution in [0.15, 0.2) is 79.3 Å². The number of piperidine rings is 1. The van der Waals surface area contributed by atoms with Crippen LogP contribution < -0.4 is 10.2 Å². The molecule has 6 rings (SSSR count). The lowest BCUT2D eigenvalue weighted by atomic mass is 9.85. The Morgan fingerprint density at radius 1 is 0.950 bits per heavy atom. The Bertz CT molecular complexity index is 1530. The van der Waals surface area contributed by atoms with Gasteiger partial charge in [-0.3, -0.25) is 14.6 Å². The summed E-state index contributed by atoms with van der Waals surface area (Å²) in [5.74, 6) is -0.379. The average Bonchev–Trinajstić information content (AvgIpc) is 3.56. The van der Waals surface area contributed by atoms with Gasteiger partial charge in [-0.2, -0.15) is 18.3 Å². The van der Waals surface area contributed by atoms with Crippen molar-refractivity contribution in [3.8, 4) is 16.9 Å². The van der Waals surface area contributed by atoms with Gasteiger partial charge < -0.3 is 15.1 Å². The summed E-state index contributed by atoms with van der Waals surface area (Å²) in [7, 11) is 0. The molecule has 2 amide bonds. The monoisotopic (exact) mass is 547 g/mol. The standard InChI is InChI=1S/C28H24F3N7O2/c29-28(30,31)24-7-6-21(17-33-24)38-23(19-8-12-32-13-9-19)16-22(35-38)25(39)36-14-10-27(11-15-36)26(40)34-18-37(27)20-4-2-1-3-5-20/h1-9,12-13,16-17H,10-11,14-15,18H2,(H,34,40). The maximum absolute atomic E-state index is 13.6. The van der Waals surface area contributed by atoms with Crippen molar-refractivity contribution in [2.24, 2.45) is 0 Å². The van der Waals surface area contributed by atoms with E-state index < -0.39 is 17.4 Å². The van der Waals surface area contributed by atoms with E-state index in [-0.39, 0.29) is 23.2 Å². The number of rotatable bonds is 4. The Morgan fingerprint density at radius 3 is 2.33 bits per heavy atom. The molecule has 1 aromatic carbocycles. The molecule has 9 nitrogen and oxygen atoms in total. The molecule has 2 fully saturated rings. The molecule has 1 N–H and O–H groups in total. The predicted molar refractivity (Wildman–Crippen MR) is 139 cm³/mol. The SMILES string of the molecule is O=C(c1cc(-c2ccncc2)n(-c2ccc(C(F)(F)F)nc2)n1)N1CCC2(CC1)C(=O)NCN2c1ccccc1. The minimum atomic E-state index is -4.57. The molecular formula is C28H24F3N7O2. The third-order valence-electron chi connectivity index (χ3n) is 7.47. The Hall–Kier alpha value is -4.74. The molecule has 2 aliphatic heterocycles. The number of carbonyl (C=O) groups excluding carboxylic acids is 2. The molecule has 12 heteroatoms. The normalized spacial score (nSPS) is 16.8. The Balaban J connectivity index is 1.27. The van der Waals surface area contributed by atoms with Gasteiger partial charge in [-0.05, 0) is 55.3 Å². The van der Waals surface area contributed by atoms with Gasteiger partial charge in [-0.25, -0.2) is 9.67 Å². The lowest BCUT2D eigenvalue weighted by Gasteiger charge is -2.43. The number of carbonyl (C=O) groups is 2. The van der Waals surface area contributed by atoms with Crippen LogP contribution >= 0.6 is 0 Å². The molecule has 3 aromatic heterocycles. The van der Waals surface area contributed by atoms with E-state index in [1.165, 1.54) is 10.7 Å². The second kappa shape index (κ2) is 9.78. The summed E-state index contributed by atoms with van der Waals surface area (Å²) in [4.78, 5) is 37.9. The van der Waals surface area contributed by atoms with Gasteiger partial charge >= 0.3 is 6.18 Å². The van der Waals surface area contributed by atoms with E-state index in [2.05, 4.69) is 25.3 Å². The first kappa shape index (κ1) is 25.5. The number of alkyl halides is 3. The summed E-state index contributed by atoms with van der Waals surface area (Å²) in [6.07, 6.45) is 0.551. The van der Waals surface area contributed by atoms with Gasteiger partial charge in [0.25, 0.3) is 5.91 Å². The Labute approximate surface area is 227 Å². The number of anilines is 1. The summed E-state index contributed by atoms with van der Waals surface area (Å²) in [6, 6.07) is 16.9. The number of nitrogens with zero attached hydrogens (tertiary/aromatic N) is 6. The largest absolute Gasteiger partial charge is 0.433 e. The van der Waals surface area contributed by atoms with Crippen LogP contribution in [0.5, 0.6) is 0 Å². The van der Waals surface area contributed by atoms with Crippen molar-refractivity contribution in [2.75, 3.05) is 24.7 Å². The maximum atomic E-state index is 13.6. The van der Waals surface area contributed by atoms with Gasteiger partial charge in [0.2, 0.25) is 5.91 Å². The van der Waals surface area contributed by atoms with Crippen LogP contribution in [-0.2, 0) is 11.0 Å². The van der Waals surface area contributed by atoms with E-state index in [1.54, 1.807) is 35.5 Å². The van der Waals surface area contributed by atoms with Crippen molar-refractivity contribution in [3.63, 3.8) is 0 Å². The molecule has 40 heavy (non-hydrogen) atoms. The van der Waals surface area contributed by atoms with Gasteiger partial charge in [0, 0.05) is 36.7 Å². The van der Waals surface area contributed by atoms with Crippen molar-refractivity contribution in [3.05, 3.63) is 90.6 Å². The molecule has 5 heterocycles. The molecule has 0 saturated carbocycles. The van der Waals surface area contributed by atoms with Crippen LogP contribution in [0.2, 0.25) is 0 Å². The Kier molecular flexibility index (Phi) is 6.24. The number of aromatic nitrogens is 4. The highest BCUT2D eigenvalue weighted by atomic mass is 19.4. The molecule has 4 aromatic rings. The molecule has 0 bridgehead atoms. The molecule has 2 aliphatic rings. The number of nitrogens with one attached hydrogen (secondary N) is 1. The lowest BCUT2D eigenvalue weighted by molar-refractivity contribution is -0.141. The van der Waals surface area contributed by atoms with Crippen LogP contribution in [0.25, 0.3) is 16.9 Å². The van der Waals surface area contributed by atoms with Crippen LogP contribution in [0, 0.1) is 0 Å². The molecule has 2 saturated heterocycles. The van der Waals surface area contributed by atoms with Gasteiger partial charge in [-0.1, -0.05) is 18.2 Å². The van der Waals surface area contributed by atoms with E-state index in [9.17, 15) is 22.8 Å². The van der Waals surface area contributed by atoms with Crippen molar-refractivity contribution in [2.45, 2.75) is 24.6 Å². The van der Waals surface area contributed by atoms with Crippen LogP contribution in [0.1, 0.15) is 29.0 Å². The zero-order chi connectivity index (χ0) is 27.9. The summed E-state index contributed by atoms with van der Waals surface area (Å²) >= 11 is 0. The van der Waals surface area contributed by atoms with Crippen molar-refractivity contribution >= 4 is 17.5 Å². The molecule has 0 unspecified atom stereocenters. The molecule has 0 atom stereocenters. The third kappa shape index (κ3) is 4.44. The number of para-hydroxylation sites is 1. The van der Waals surface area contributed by atoms with E-state index in [0.717, 1.165) is 18.0 Å². The fraction of sp³-hybridized carbons (Fsp3) is 0.250. The highest BCUT2D eigenvalue weighted by molar-refractivity contribution is 5.96. The highest BCUT2D eigenvalue weighted by Gasteiger charge is 2.51. The summed E-state index contributed by atoms with van der Waals surface area (Å²) in [6.45, 7) is 1.08. The second-order valence-corrected chi connectivity index (χ2v) is 9.71. The Morgan fingerprint density at radius 2 is 1.68 bits per heavy atom. The van der Waals surface area contributed by atoms with Crippen molar-refractivity contribution < 1.29 is 22.8 Å².